The molecule has 1 fully saturated rings. The molecule has 0 aliphatic heterocycles. The number of Topliss-reactive ketones (excluding diaryl/α,β-unsaturated/α-hetero) is 1. The van der Waals surface area contributed by atoms with E-state index in [-0.39, 0.29) is 17.6 Å². The first-order valence-corrected chi connectivity index (χ1v) is 8.47. The molecule has 3 atom stereocenters. The second-order valence-corrected chi connectivity index (χ2v) is 6.38. The Kier molecular flexibility index (Phi) is 6.44. The summed E-state index contributed by atoms with van der Waals surface area (Å²) >= 11 is 0. The van der Waals surface area contributed by atoms with Crippen molar-refractivity contribution in [3.63, 3.8) is 0 Å². The Balaban J connectivity index is 1.86. The van der Waals surface area contributed by atoms with Gasteiger partial charge < -0.3 is 5.11 Å². The summed E-state index contributed by atoms with van der Waals surface area (Å²) in [5, 5.41) is 10.2. The Labute approximate surface area is 128 Å². The topological polar surface area (TPSA) is 37.3 Å². The highest BCUT2D eigenvalue weighted by Gasteiger charge is 2.40. The van der Waals surface area contributed by atoms with Crippen molar-refractivity contribution in [1.82, 2.24) is 0 Å². The molecule has 0 bridgehead atoms. The molecule has 0 heterocycles. The Morgan fingerprint density at radius 2 is 1.86 bits per heavy atom. The third-order valence-electron chi connectivity index (χ3n) is 4.81. The number of benzene rings is 1. The molecule has 2 rings (SSSR count). The maximum absolute atomic E-state index is 12.1. The lowest BCUT2D eigenvalue weighted by Gasteiger charge is -2.21. The molecule has 21 heavy (non-hydrogen) atoms. The highest BCUT2D eigenvalue weighted by Crippen LogP contribution is 2.36. The van der Waals surface area contributed by atoms with Gasteiger partial charge in [0, 0.05) is 12.3 Å². The molecular weight excluding hydrogens is 260 g/mol. The van der Waals surface area contributed by atoms with Crippen LogP contribution in [0.2, 0.25) is 0 Å². The fourth-order valence-corrected chi connectivity index (χ4v) is 3.56. The first kappa shape index (κ1) is 16.2. The fourth-order valence-electron chi connectivity index (χ4n) is 3.56. The monoisotopic (exact) mass is 288 g/mol. The molecule has 1 saturated carbocycles. The van der Waals surface area contributed by atoms with Crippen molar-refractivity contribution < 1.29 is 9.90 Å². The first-order valence-electron chi connectivity index (χ1n) is 8.47. The average Bonchev–Trinajstić information content (AvgIpc) is 2.76. The summed E-state index contributed by atoms with van der Waals surface area (Å²) in [5.74, 6) is 0.541. The van der Waals surface area contributed by atoms with Gasteiger partial charge in [0.05, 0.1) is 6.10 Å². The molecule has 1 aliphatic rings. The van der Waals surface area contributed by atoms with Crippen LogP contribution in [-0.2, 0) is 11.2 Å². The number of hydrogen-bond donors (Lipinski definition) is 1. The highest BCUT2D eigenvalue weighted by molar-refractivity contribution is 5.84. The van der Waals surface area contributed by atoms with Gasteiger partial charge in [-0.1, -0.05) is 62.9 Å². The minimum Gasteiger partial charge on any atom is -0.392 e. The number of unbranched alkanes of at least 4 members (excludes halogenated alkanes) is 3. The van der Waals surface area contributed by atoms with Gasteiger partial charge in [0.2, 0.25) is 0 Å². The number of rotatable bonds is 8. The average molecular weight is 288 g/mol. The van der Waals surface area contributed by atoms with E-state index >= 15 is 0 Å². The zero-order valence-electron chi connectivity index (χ0n) is 13.1. The first-order chi connectivity index (χ1) is 10.2. The van der Waals surface area contributed by atoms with E-state index in [2.05, 4.69) is 19.1 Å². The van der Waals surface area contributed by atoms with E-state index < -0.39 is 6.10 Å². The third-order valence-corrected chi connectivity index (χ3v) is 4.81. The Morgan fingerprint density at radius 1 is 1.10 bits per heavy atom. The Hall–Kier alpha value is -1.15. The minimum absolute atomic E-state index is 0.0711. The quantitative estimate of drug-likeness (QED) is 0.729. The van der Waals surface area contributed by atoms with Crippen LogP contribution in [0.4, 0.5) is 0 Å². The molecule has 1 aromatic rings. The van der Waals surface area contributed by atoms with Crippen molar-refractivity contribution in [3.8, 4) is 0 Å². The molecule has 0 radical (unpaired) electrons. The minimum atomic E-state index is -0.403. The molecule has 0 saturated heterocycles. The van der Waals surface area contributed by atoms with E-state index in [9.17, 15) is 9.90 Å². The van der Waals surface area contributed by atoms with Crippen LogP contribution in [0.15, 0.2) is 30.3 Å². The summed E-state index contributed by atoms with van der Waals surface area (Å²) in [6.45, 7) is 2.20. The smallest absolute Gasteiger partial charge is 0.138 e. The molecule has 0 amide bonds. The maximum atomic E-state index is 12.1. The number of ketones is 1. The van der Waals surface area contributed by atoms with Crippen LogP contribution >= 0.6 is 0 Å². The van der Waals surface area contributed by atoms with Crippen molar-refractivity contribution >= 4 is 5.78 Å². The maximum Gasteiger partial charge on any atom is 0.138 e. The number of carbonyl (C=O) groups is 1. The van der Waals surface area contributed by atoms with Gasteiger partial charge in [-0.05, 0) is 30.7 Å². The summed E-state index contributed by atoms with van der Waals surface area (Å²) in [4.78, 5) is 12.1. The molecule has 1 aromatic carbocycles. The largest absolute Gasteiger partial charge is 0.392 e. The van der Waals surface area contributed by atoms with Crippen LogP contribution in [0.1, 0.15) is 57.4 Å². The predicted octanol–water partition coefficient (Wildman–Crippen LogP) is 4.16. The predicted molar refractivity (Wildman–Crippen MR) is 86.1 cm³/mol. The van der Waals surface area contributed by atoms with Crippen LogP contribution in [0, 0.1) is 11.8 Å². The Morgan fingerprint density at radius 3 is 2.57 bits per heavy atom. The van der Waals surface area contributed by atoms with E-state index in [4.69, 9.17) is 0 Å². The van der Waals surface area contributed by atoms with Crippen molar-refractivity contribution in [2.24, 2.45) is 11.8 Å². The summed E-state index contributed by atoms with van der Waals surface area (Å²) < 4.78 is 0. The Bertz CT molecular complexity index is 426. The van der Waals surface area contributed by atoms with Gasteiger partial charge in [-0.25, -0.2) is 0 Å². The molecule has 2 nitrogen and oxygen atoms in total. The van der Waals surface area contributed by atoms with Crippen molar-refractivity contribution in [2.45, 2.75) is 64.4 Å². The lowest BCUT2D eigenvalue weighted by molar-refractivity contribution is -0.121. The van der Waals surface area contributed by atoms with Crippen LogP contribution < -0.4 is 0 Å². The van der Waals surface area contributed by atoms with E-state index in [0.717, 1.165) is 25.7 Å². The van der Waals surface area contributed by atoms with Gasteiger partial charge in [-0.2, -0.15) is 0 Å². The second kappa shape index (κ2) is 8.33. The number of carbonyl (C=O) groups excluding carboxylic acids is 1. The summed E-state index contributed by atoms with van der Waals surface area (Å²) in [6, 6.07) is 10.3. The van der Waals surface area contributed by atoms with Crippen LogP contribution in [0.5, 0.6) is 0 Å². The fraction of sp³-hybridized carbons (Fsp3) is 0.632. The molecule has 0 aromatic heterocycles. The van der Waals surface area contributed by atoms with E-state index in [1.165, 1.54) is 24.8 Å². The van der Waals surface area contributed by atoms with E-state index in [0.29, 0.717) is 6.42 Å². The van der Waals surface area contributed by atoms with E-state index in [1.54, 1.807) is 0 Å². The standard InChI is InChI=1S/C19H28O2/c1-2-3-4-8-11-16-17(19(21)14-18(16)20)13-12-15-9-6-5-7-10-15/h5-7,9-10,16-18,20H,2-4,8,11-14H2,1H3/t16-,17-,18?/m1/s1. The lowest BCUT2D eigenvalue weighted by Crippen LogP contribution is -2.21. The normalized spacial score (nSPS) is 25.4. The molecule has 1 unspecified atom stereocenters. The van der Waals surface area contributed by atoms with Crippen molar-refractivity contribution in [1.29, 1.82) is 0 Å². The summed E-state index contributed by atoms with van der Waals surface area (Å²) in [6.07, 6.45) is 7.65. The van der Waals surface area contributed by atoms with Crippen LogP contribution in [0.25, 0.3) is 0 Å². The SMILES string of the molecule is CCCCCC[C@H]1C(O)CC(=O)[C@@H]1CCc1ccccc1. The zero-order valence-corrected chi connectivity index (χ0v) is 13.1. The highest BCUT2D eigenvalue weighted by atomic mass is 16.3. The van der Waals surface area contributed by atoms with Gasteiger partial charge in [-0.15, -0.1) is 0 Å². The second-order valence-electron chi connectivity index (χ2n) is 6.38. The van der Waals surface area contributed by atoms with Gasteiger partial charge >= 0.3 is 0 Å². The van der Waals surface area contributed by atoms with Crippen molar-refractivity contribution in [2.75, 3.05) is 0 Å². The van der Waals surface area contributed by atoms with Crippen molar-refractivity contribution in [3.05, 3.63) is 35.9 Å². The molecule has 116 valence electrons. The molecular formula is C19H28O2. The number of hydrogen-bond acceptors (Lipinski definition) is 2. The molecule has 2 heteroatoms. The third kappa shape index (κ3) is 4.67. The summed E-state index contributed by atoms with van der Waals surface area (Å²) in [5.41, 5.74) is 1.29. The van der Waals surface area contributed by atoms with E-state index in [1.807, 2.05) is 18.2 Å². The summed E-state index contributed by atoms with van der Waals surface area (Å²) in [7, 11) is 0. The molecule has 1 aliphatic carbocycles. The molecule has 0 spiro atoms. The van der Waals surface area contributed by atoms with Gasteiger partial charge in [-0.3, -0.25) is 4.79 Å². The number of aliphatic hydroxyl groups excluding tert-OH is 1. The number of aliphatic hydroxyl groups is 1. The lowest BCUT2D eigenvalue weighted by atomic mass is 9.85. The number of aryl methyl sites for hydroxylation is 1. The molecule has 1 N–H and O–H groups in total. The van der Waals surface area contributed by atoms with Crippen LogP contribution in [-0.4, -0.2) is 17.0 Å². The van der Waals surface area contributed by atoms with Gasteiger partial charge in [0.15, 0.2) is 0 Å². The van der Waals surface area contributed by atoms with Gasteiger partial charge in [0.1, 0.15) is 5.78 Å². The van der Waals surface area contributed by atoms with Crippen LogP contribution in [0.3, 0.4) is 0 Å². The van der Waals surface area contributed by atoms with Gasteiger partial charge in [0.25, 0.3) is 0 Å². The zero-order chi connectivity index (χ0) is 15.1.